The van der Waals surface area contributed by atoms with Gasteiger partial charge in [-0.3, -0.25) is 9.36 Å². The van der Waals surface area contributed by atoms with E-state index < -0.39 is 0 Å². The first-order valence-corrected chi connectivity index (χ1v) is 5.70. The Kier molecular flexibility index (Phi) is 2.25. The molecule has 17 heavy (non-hydrogen) atoms. The van der Waals surface area contributed by atoms with E-state index in [1.165, 1.54) is 5.56 Å². The first kappa shape index (κ1) is 10.1. The summed E-state index contributed by atoms with van der Waals surface area (Å²) in [4.78, 5) is 12.2. The van der Waals surface area contributed by atoms with Crippen LogP contribution >= 0.6 is 0 Å². The highest BCUT2D eigenvalue weighted by Gasteiger charge is 2.17. The van der Waals surface area contributed by atoms with E-state index in [4.69, 9.17) is 4.74 Å². The monoisotopic (exact) mass is 227 g/mol. The summed E-state index contributed by atoms with van der Waals surface area (Å²) >= 11 is 0. The maximum absolute atomic E-state index is 12.2. The van der Waals surface area contributed by atoms with Crippen molar-refractivity contribution in [2.45, 2.75) is 13.3 Å². The molecular weight excluding hydrogens is 214 g/mol. The van der Waals surface area contributed by atoms with Gasteiger partial charge < -0.3 is 4.74 Å². The highest BCUT2D eigenvalue weighted by molar-refractivity contribution is 5.40. The van der Waals surface area contributed by atoms with E-state index in [2.05, 4.69) is 0 Å². The van der Waals surface area contributed by atoms with Crippen LogP contribution in [0, 0.1) is 6.92 Å². The minimum Gasteiger partial charge on any atom is -0.493 e. The molecule has 3 heteroatoms. The summed E-state index contributed by atoms with van der Waals surface area (Å²) in [7, 11) is 0. The summed E-state index contributed by atoms with van der Waals surface area (Å²) in [5, 5.41) is 0. The number of fused-ring (bicyclic) bond motifs is 1. The lowest BCUT2D eigenvalue weighted by atomic mass is 10.2. The van der Waals surface area contributed by atoms with Crippen molar-refractivity contribution in [2.75, 3.05) is 6.61 Å². The number of nitrogens with zero attached hydrogens (tertiary/aromatic N) is 1. The number of rotatable bonds is 1. The lowest BCUT2D eigenvalue weighted by molar-refractivity contribution is 0.356. The molecule has 2 aromatic rings. The molecule has 0 fully saturated rings. The minimum atomic E-state index is 0.0313. The molecule has 1 aromatic carbocycles. The fourth-order valence-electron chi connectivity index (χ4n) is 2.10. The van der Waals surface area contributed by atoms with Crippen molar-refractivity contribution in [3.63, 3.8) is 0 Å². The Bertz CT molecular complexity index is 611. The Labute approximate surface area is 99.3 Å². The molecule has 2 heterocycles. The van der Waals surface area contributed by atoms with E-state index in [0.29, 0.717) is 13.0 Å². The van der Waals surface area contributed by atoms with E-state index in [1.54, 1.807) is 10.8 Å². The Morgan fingerprint density at radius 1 is 1.18 bits per heavy atom. The van der Waals surface area contributed by atoms with E-state index in [-0.39, 0.29) is 5.56 Å². The van der Waals surface area contributed by atoms with Crippen molar-refractivity contribution in [3.05, 3.63) is 58.0 Å². The normalized spacial score (nSPS) is 13.2. The molecule has 86 valence electrons. The van der Waals surface area contributed by atoms with E-state index in [9.17, 15) is 4.79 Å². The molecule has 1 aliphatic heterocycles. The van der Waals surface area contributed by atoms with Crippen molar-refractivity contribution in [3.8, 4) is 11.4 Å². The van der Waals surface area contributed by atoms with Crippen LogP contribution in [0.15, 0.2) is 41.3 Å². The highest BCUT2D eigenvalue weighted by atomic mass is 16.5. The number of ether oxygens (including phenoxy) is 1. The summed E-state index contributed by atoms with van der Waals surface area (Å²) in [5.41, 5.74) is 2.90. The summed E-state index contributed by atoms with van der Waals surface area (Å²) in [6.07, 6.45) is 2.48. The zero-order chi connectivity index (χ0) is 11.8. The average molecular weight is 227 g/mol. The molecule has 3 nitrogen and oxygen atoms in total. The molecule has 0 bridgehead atoms. The van der Waals surface area contributed by atoms with Gasteiger partial charge in [-0.1, -0.05) is 17.7 Å². The Morgan fingerprint density at radius 2 is 1.94 bits per heavy atom. The van der Waals surface area contributed by atoms with Crippen LogP contribution in [0.4, 0.5) is 0 Å². The quantitative estimate of drug-likeness (QED) is 0.747. The van der Waals surface area contributed by atoms with Crippen LogP contribution in [0.1, 0.15) is 11.1 Å². The molecule has 0 aliphatic carbocycles. The number of aromatic nitrogens is 1. The highest BCUT2D eigenvalue weighted by Crippen LogP contribution is 2.21. The van der Waals surface area contributed by atoms with Gasteiger partial charge in [0.1, 0.15) is 5.75 Å². The molecule has 1 aromatic heterocycles. The van der Waals surface area contributed by atoms with Crippen LogP contribution in [0.2, 0.25) is 0 Å². The van der Waals surface area contributed by atoms with Gasteiger partial charge >= 0.3 is 0 Å². The van der Waals surface area contributed by atoms with E-state index >= 15 is 0 Å². The van der Waals surface area contributed by atoms with Gasteiger partial charge in [-0.05, 0) is 25.1 Å². The van der Waals surface area contributed by atoms with Gasteiger partial charge in [0.2, 0.25) is 0 Å². The first-order chi connectivity index (χ1) is 8.25. The second-order valence-electron chi connectivity index (χ2n) is 4.27. The van der Waals surface area contributed by atoms with Gasteiger partial charge in [0.05, 0.1) is 12.2 Å². The molecule has 0 radical (unpaired) electrons. The van der Waals surface area contributed by atoms with Gasteiger partial charge in [0.25, 0.3) is 5.56 Å². The van der Waals surface area contributed by atoms with E-state index in [0.717, 1.165) is 17.0 Å². The molecule has 0 atom stereocenters. The second-order valence-corrected chi connectivity index (χ2v) is 4.27. The summed E-state index contributed by atoms with van der Waals surface area (Å²) in [5.74, 6) is 0.735. The van der Waals surface area contributed by atoms with E-state index in [1.807, 2.05) is 37.3 Å². The lowest BCUT2D eigenvalue weighted by Crippen LogP contribution is -2.20. The Morgan fingerprint density at radius 3 is 2.71 bits per heavy atom. The number of benzene rings is 1. The fourth-order valence-corrected chi connectivity index (χ4v) is 2.10. The SMILES string of the molecule is Cc1ccc(-n2ccc3c(c2=O)CCO3)cc1. The van der Waals surface area contributed by atoms with Gasteiger partial charge in [-0.25, -0.2) is 0 Å². The maximum Gasteiger partial charge on any atom is 0.262 e. The predicted octanol–water partition coefficient (Wildman–Crippen LogP) is 2.08. The molecule has 1 aliphatic rings. The standard InChI is InChI=1S/C14H13NO2/c1-10-2-4-11(5-3-10)15-8-6-13-12(14(15)16)7-9-17-13/h2-6,8H,7,9H2,1H3. The van der Waals surface area contributed by atoms with Crippen LogP contribution in [-0.4, -0.2) is 11.2 Å². The van der Waals surface area contributed by atoms with Crippen molar-refractivity contribution >= 4 is 0 Å². The van der Waals surface area contributed by atoms with Crippen molar-refractivity contribution in [1.29, 1.82) is 0 Å². The third kappa shape index (κ3) is 1.64. The predicted molar refractivity (Wildman–Crippen MR) is 66.0 cm³/mol. The zero-order valence-electron chi connectivity index (χ0n) is 9.64. The summed E-state index contributed by atoms with van der Waals surface area (Å²) in [6, 6.07) is 9.79. The molecule has 0 saturated carbocycles. The number of hydrogen-bond donors (Lipinski definition) is 0. The molecule has 0 unspecified atom stereocenters. The molecule has 0 amide bonds. The van der Waals surface area contributed by atoms with Crippen LogP contribution in [0.25, 0.3) is 5.69 Å². The lowest BCUT2D eigenvalue weighted by Gasteiger charge is -2.07. The van der Waals surface area contributed by atoms with Crippen molar-refractivity contribution in [2.24, 2.45) is 0 Å². The van der Waals surface area contributed by atoms with Gasteiger partial charge in [-0.15, -0.1) is 0 Å². The maximum atomic E-state index is 12.2. The van der Waals surface area contributed by atoms with Crippen LogP contribution in [0.3, 0.4) is 0 Å². The van der Waals surface area contributed by atoms with Crippen molar-refractivity contribution in [1.82, 2.24) is 4.57 Å². The van der Waals surface area contributed by atoms with Crippen LogP contribution in [-0.2, 0) is 6.42 Å². The number of aryl methyl sites for hydroxylation is 1. The largest absolute Gasteiger partial charge is 0.493 e. The third-order valence-corrected chi connectivity index (χ3v) is 3.07. The second kappa shape index (κ2) is 3.77. The Balaban J connectivity index is 2.16. The number of pyridine rings is 1. The minimum absolute atomic E-state index is 0.0313. The van der Waals surface area contributed by atoms with Gasteiger partial charge in [0.15, 0.2) is 0 Å². The zero-order valence-corrected chi connectivity index (χ0v) is 9.64. The van der Waals surface area contributed by atoms with Gasteiger partial charge in [0, 0.05) is 18.3 Å². The molecule has 0 N–H and O–H groups in total. The topological polar surface area (TPSA) is 31.2 Å². The molecular formula is C14H13NO2. The Hall–Kier alpha value is -2.03. The fraction of sp³-hybridized carbons (Fsp3) is 0.214. The van der Waals surface area contributed by atoms with Crippen LogP contribution in [0.5, 0.6) is 5.75 Å². The molecule has 0 saturated heterocycles. The van der Waals surface area contributed by atoms with Crippen molar-refractivity contribution < 1.29 is 4.74 Å². The number of hydrogen-bond acceptors (Lipinski definition) is 2. The summed E-state index contributed by atoms with van der Waals surface area (Å²) in [6.45, 7) is 2.64. The molecule has 3 rings (SSSR count). The third-order valence-electron chi connectivity index (χ3n) is 3.07. The van der Waals surface area contributed by atoms with Crippen LogP contribution < -0.4 is 10.3 Å². The first-order valence-electron chi connectivity index (χ1n) is 5.70. The smallest absolute Gasteiger partial charge is 0.262 e. The van der Waals surface area contributed by atoms with Gasteiger partial charge in [-0.2, -0.15) is 0 Å². The summed E-state index contributed by atoms with van der Waals surface area (Å²) < 4.78 is 7.05. The molecule has 0 spiro atoms. The average Bonchev–Trinajstić information content (AvgIpc) is 2.80.